The van der Waals surface area contributed by atoms with Gasteiger partial charge in [-0.25, -0.2) is 4.79 Å². The van der Waals surface area contributed by atoms with Gasteiger partial charge in [0.25, 0.3) is 0 Å². The number of carbonyl (C=O) groups excluding carboxylic acids is 3. The number of hydrogen-bond acceptors (Lipinski definition) is 5. The minimum atomic E-state index is -0.532. The van der Waals surface area contributed by atoms with Crippen molar-refractivity contribution in [2.75, 3.05) is 6.54 Å². The maximum Gasteiger partial charge on any atom is 0.408 e. The van der Waals surface area contributed by atoms with Gasteiger partial charge in [0.05, 0.1) is 12.1 Å². The van der Waals surface area contributed by atoms with E-state index >= 15 is 0 Å². The molecule has 2 fully saturated rings. The second-order valence-corrected chi connectivity index (χ2v) is 10.1. The highest BCUT2D eigenvalue weighted by Gasteiger charge is 2.38. The minimum Gasteiger partial charge on any atom is -0.444 e. The largest absolute Gasteiger partial charge is 0.444 e. The van der Waals surface area contributed by atoms with Crippen molar-refractivity contribution >= 4 is 17.8 Å². The molecular weight excluding hydrogens is 406 g/mol. The summed E-state index contributed by atoms with van der Waals surface area (Å²) in [5, 5.41) is 5.94. The van der Waals surface area contributed by atoms with Gasteiger partial charge in [-0.1, -0.05) is 39.2 Å². The summed E-state index contributed by atoms with van der Waals surface area (Å²) < 4.78 is 5.74. The quantitative estimate of drug-likeness (QED) is 0.519. The molecule has 7 nitrogen and oxygen atoms in total. The normalized spacial score (nSPS) is 21.5. The molecular formula is C25H43N3O4. The topological polar surface area (TPSA) is 87.7 Å². The number of likely N-dealkylation sites (tertiary alicyclic amines) is 1. The molecule has 0 aromatic rings. The molecule has 0 radical (unpaired) electrons. The lowest BCUT2D eigenvalue weighted by molar-refractivity contribution is -0.129. The lowest BCUT2D eigenvalue weighted by atomic mass is 9.82. The SMILES string of the molecule is C=C(C(NC(=O)OC(C)(C)CCC)C1CCCCC1)N1CCCC1C(=O)NC(C)C(C)=O. The van der Waals surface area contributed by atoms with E-state index in [1.54, 1.807) is 6.92 Å². The van der Waals surface area contributed by atoms with E-state index < -0.39 is 17.7 Å². The first kappa shape index (κ1) is 26.2. The van der Waals surface area contributed by atoms with Crippen molar-refractivity contribution in [2.24, 2.45) is 5.92 Å². The Morgan fingerprint density at radius 1 is 1.09 bits per heavy atom. The third-order valence-electron chi connectivity index (χ3n) is 6.87. The Hall–Kier alpha value is -2.05. The predicted octanol–water partition coefficient (Wildman–Crippen LogP) is 4.31. The van der Waals surface area contributed by atoms with E-state index in [9.17, 15) is 14.4 Å². The summed E-state index contributed by atoms with van der Waals surface area (Å²) in [4.78, 5) is 39.4. The molecule has 2 aliphatic rings. The molecule has 1 aliphatic carbocycles. The Kier molecular flexibility index (Phi) is 9.59. The van der Waals surface area contributed by atoms with Crippen LogP contribution in [0.3, 0.4) is 0 Å². The first-order chi connectivity index (χ1) is 15.1. The Morgan fingerprint density at radius 3 is 2.34 bits per heavy atom. The number of alkyl carbamates (subject to hydrolysis) is 1. The number of hydrogen-bond donors (Lipinski definition) is 2. The molecule has 0 aromatic carbocycles. The summed E-state index contributed by atoms with van der Waals surface area (Å²) in [6, 6.07) is -1.15. The van der Waals surface area contributed by atoms with Gasteiger partial charge >= 0.3 is 6.09 Å². The lowest BCUT2D eigenvalue weighted by Crippen LogP contribution is -2.52. The van der Waals surface area contributed by atoms with E-state index in [-0.39, 0.29) is 29.7 Å². The number of nitrogens with zero attached hydrogens (tertiary/aromatic N) is 1. The van der Waals surface area contributed by atoms with E-state index in [1.807, 2.05) is 18.7 Å². The maximum absolute atomic E-state index is 12.9. The summed E-state index contributed by atoms with van der Waals surface area (Å²) >= 11 is 0. The number of Topliss-reactive ketones (excluding diaryl/α,β-unsaturated/α-hetero) is 1. The standard InChI is InChI=1S/C25H43N3O4/c1-7-15-25(5,6)32-24(31)27-22(20-12-9-8-10-13-20)18(3)28-16-11-14-21(28)23(30)26-17(2)19(4)29/h17,20-22H,3,7-16H2,1-2,4-6H3,(H,26,30)(H,27,31). The van der Waals surface area contributed by atoms with E-state index in [4.69, 9.17) is 4.74 Å². The molecule has 1 heterocycles. The van der Waals surface area contributed by atoms with Gasteiger partial charge in [-0.3, -0.25) is 9.59 Å². The first-order valence-electron chi connectivity index (χ1n) is 12.3. The van der Waals surface area contributed by atoms with Crippen LogP contribution in [0.4, 0.5) is 4.79 Å². The van der Waals surface area contributed by atoms with E-state index in [0.29, 0.717) is 13.0 Å². The van der Waals surface area contributed by atoms with Crippen molar-refractivity contribution in [3.63, 3.8) is 0 Å². The molecule has 1 saturated carbocycles. The monoisotopic (exact) mass is 449 g/mol. The number of ether oxygens (including phenoxy) is 1. The summed E-state index contributed by atoms with van der Waals surface area (Å²) in [6.07, 6.45) is 8.40. The average Bonchev–Trinajstić information content (AvgIpc) is 3.21. The van der Waals surface area contributed by atoms with Crippen LogP contribution in [0.1, 0.15) is 92.4 Å². The van der Waals surface area contributed by atoms with Crippen LogP contribution in [0, 0.1) is 5.92 Å². The van der Waals surface area contributed by atoms with E-state index in [2.05, 4.69) is 24.1 Å². The van der Waals surface area contributed by atoms with Crippen molar-refractivity contribution in [3.05, 3.63) is 12.3 Å². The molecule has 0 bridgehead atoms. The lowest BCUT2D eigenvalue weighted by Gasteiger charge is -2.38. The summed E-state index contributed by atoms with van der Waals surface area (Å²) in [7, 11) is 0. The van der Waals surface area contributed by atoms with Gasteiger partial charge in [-0.2, -0.15) is 0 Å². The van der Waals surface area contributed by atoms with Crippen molar-refractivity contribution in [3.8, 4) is 0 Å². The second kappa shape index (κ2) is 11.7. The van der Waals surface area contributed by atoms with Crippen molar-refractivity contribution < 1.29 is 19.1 Å². The summed E-state index contributed by atoms with van der Waals surface area (Å²) in [6.45, 7) is 14.2. The Balaban J connectivity index is 2.15. The second-order valence-electron chi connectivity index (χ2n) is 10.1. The Labute approximate surface area is 193 Å². The van der Waals surface area contributed by atoms with Crippen LogP contribution in [0.15, 0.2) is 12.3 Å². The number of carbonyl (C=O) groups is 3. The smallest absolute Gasteiger partial charge is 0.408 e. The third kappa shape index (κ3) is 7.24. The fraction of sp³-hybridized carbons (Fsp3) is 0.800. The van der Waals surface area contributed by atoms with Gasteiger partial charge < -0.3 is 20.3 Å². The van der Waals surface area contributed by atoms with Crippen LogP contribution in [0.5, 0.6) is 0 Å². The molecule has 1 saturated heterocycles. The van der Waals surface area contributed by atoms with Crippen molar-refractivity contribution in [1.29, 1.82) is 0 Å². The molecule has 7 heteroatoms. The highest BCUT2D eigenvalue weighted by atomic mass is 16.6. The Morgan fingerprint density at radius 2 is 1.75 bits per heavy atom. The molecule has 3 unspecified atom stereocenters. The number of nitrogens with one attached hydrogen (secondary N) is 2. The van der Waals surface area contributed by atoms with Crippen LogP contribution >= 0.6 is 0 Å². The fourth-order valence-electron chi connectivity index (χ4n) is 4.97. The molecule has 32 heavy (non-hydrogen) atoms. The number of amides is 2. The molecule has 0 aromatic heterocycles. The first-order valence-corrected chi connectivity index (χ1v) is 12.3. The summed E-state index contributed by atoms with van der Waals surface area (Å²) in [5.41, 5.74) is 0.242. The molecule has 182 valence electrons. The van der Waals surface area contributed by atoms with Gasteiger partial charge in [0, 0.05) is 12.2 Å². The molecule has 1 aliphatic heterocycles. The Bertz CT molecular complexity index is 685. The number of rotatable bonds is 10. The van der Waals surface area contributed by atoms with Crippen molar-refractivity contribution in [2.45, 2.75) is 116 Å². The zero-order chi connectivity index (χ0) is 23.9. The van der Waals surface area contributed by atoms with Gasteiger partial charge in [-0.15, -0.1) is 0 Å². The maximum atomic E-state index is 12.9. The third-order valence-corrected chi connectivity index (χ3v) is 6.87. The van der Waals surface area contributed by atoms with Crippen LogP contribution in [-0.4, -0.2) is 53.0 Å². The molecule has 0 spiro atoms. The summed E-state index contributed by atoms with van der Waals surface area (Å²) in [5.74, 6) is 0.0554. The average molecular weight is 450 g/mol. The van der Waals surface area contributed by atoms with Crippen LogP contribution < -0.4 is 10.6 Å². The van der Waals surface area contributed by atoms with Crippen LogP contribution in [0.25, 0.3) is 0 Å². The zero-order valence-electron chi connectivity index (χ0n) is 20.7. The van der Waals surface area contributed by atoms with Gasteiger partial charge in [-0.05, 0) is 65.7 Å². The molecule has 2 amide bonds. The highest BCUT2D eigenvalue weighted by Crippen LogP contribution is 2.33. The minimum absolute atomic E-state index is 0.0686. The molecule has 2 rings (SSSR count). The van der Waals surface area contributed by atoms with Crippen LogP contribution in [-0.2, 0) is 14.3 Å². The van der Waals surface area contributed by atoms with E-state index in [0.717, 1.165) is 50.6 Å². The van der Waals surface area contributed by atoms with Gasteiger partial charge in [0.15, 0.2) is 5.78 Å². The van der Waals surface area contributed by atoms with Crippen LogP contribution in [0.2, 0.25) is 0 Å². The van der Waals surface area contributed by atoms with E-state index in [1.165, 1.54) is 13.3 Å². The molecule has 2 N–H and O–H groups in total. The fourth-order valence-corrected chi connectivity index (χ4v) is 4.97. The van der Waals surface area contributed by atoms with Gasteiger partial charge in [0.2, 0.25) is 5.91 Å². The number of ketones is 1. The zero-order valence-corrected chi connectivity index (χ0v) is 20.7. The van der Waals surface area contributed by atoms with Crippen molar-refractivity contribution in [1.82, 2.24) is 15.5 Å². The predicted molar refractivity (Wildman–Crippen MR) is 126 cm³/mol. The van der Waals surface area contributed by atoms with Gasteiger partial charge in [0.1, 0.15) is 11.6 Å². The highest BCUT2D eigenvalue weighted by molar-refractivity contribution is 5.89. The molecule has 3 atom stereocenters.